The van der Waals surface area contributed by atoms with Gasteiger partial charge in [-0.25, -0.2) is 8.42 Å². The van der Waals surface area contributed by atoms with Crippen LogP contribution in [-0.4, -0.2) is 53.1 Å². The Morgan fingerprint density at radius 3 is 2.58 bits per heavy atom. The van der Waals surface area contributed by atoms with Crippen LogP contribution in [0.5, 0.6) is 11.5 Å². The molecule has 33 heavy (non-hydrogen) atoms. The Kier molecular flexibility index (Phi) is 6.87. The Morgan fingerprint density at radius 2 is 1.85 bits per heavy atom. The quantitative estimate of drug-likeness (QED) is 0.506. The molecule has 3 aromatic rings. The standard InChI is InChI=1S/C23H25N3O5S2/c1-26(2)19(22-7-4-12-32-22)15-24-23(27)16-5-3-6-17(13-16)25-33(28,29)18-8-9-20-21(14-18)31-11-10-30-20/h3-9,12-14,19,25H,10-11,15H2,1-2H3,(H,24,27). The van der Waals surface area contributed by atoms with Crippen LogP contribution in [0.1, 0.15) is 21.3 Å². The van der Waals surface area contributed by atoms with Crippen molar-refractivity contribution < 1.29 is 22.7 Å². The molecule has 1 aliphatic rings. The molecular weight excluding hydrogens is 462 g/mol. The molecule has 174 valence electrons. The maximum absolute atomic E-state index is 12.9. The van der Waals surface area contributed by atoms with Crippen LogP contribution in [0.3, 0.4) is 0 Å². The van der Waals surface area contributed by atoms with Gasteiger partial charge < -0.3 is 19.7 Å². The fourth-order valence-corrected chi connectivity index (χ4v) is 5.43. The lowest BCUT2D eigenvalue weighted by atomic mass is 10.1. The van der Waals surface area contributed by atoms with Crippen LogP contribution in [-0.2, 0) is 10.0 Å². The molecule has 0 saturated heterocycles. The van der Waals surface area contributed by atoms with Crippen LogP contribution in [0.4, 0.5) is 5.69 Å². The van der Waals surface area contributed by atoms with Crippen LogP contribution in [0, 0.1) is 0 Å². The van der Waals surface area contributed by atoms with Gasteiger partial charge in [0.25, 0.3) is 15.9 Å². The monoisotopic (exact) mass is 487 g/mol. The Balaban J connectivity index is 1.45. The number of ether oxygens (including phenoxy) is 2. The van der Waals surface area contributed by atoms with E-state index in [1.807, 2.05) is 36.5 Å². The highest BCUT2D eigenvalue weighted by atomic mass is 32.2. The van der Waals surface area contributed by atoms with Gasteiger partial charge >= 0.3 is 0 Å². The van der Waals surface area contributed by atoms with Crippen LogP contribution in [0.25, 0.3) is 0 Å². The molecule has 1 unspecified atom stereocenters. The Labute approximate surface area is 197 Å². The van der Waals surface area contributed by atoms with Crippen molar-refractivity contribution in [3.05, 3.63) is 70.4 Å². The molecule has 0 spiro atoms. The van der Waals surface area contributed by atoms with E-state index in [2.05, 4.69) is 10.0 Å². The van der Waals surface area contributed by atoms with E-state index in [9.17, 15) is 13.2 Å². The van der Waals surface area contributed by atoms with Crippen molar-refractivity contribution in [3.8, 4) is 11.5 Å². The molecule has 1 amide bonds. The average molecular weight is 488 g/mol. The number of carbonyl (C=O) groups excluding carboxylic acids is 1. The number of carbonyl (C=O) groups is 1. The molecule has 1 atom stereocenters. The zero-order valence-corrected chi connectivity index (χ0v) is 19.9. The predicted octanol–water partition coefficient (Wildman–Crippen LogP) is 3.35. The van der Waals surface area contributed by atoms with E-state index in [0.29, 0.717) is 42.5 Å². The van der Waals surface area contributed by atoms with Gasteiger partial charge in [-0.05, 0) is 55.9 Å². The summed E-state index contributed by atoms with van der Waals surface area (Å²) in [4.78, 5) is 16.0. The molecular formula is C23H25N3O5S2. The number of anilines is 1. The molecule has 0 fully saturated rings. The van der Waals surface area contributed by atoms with Crippen LogP contribution in [0.15, 0.2) is 64.9 Å². The minimum Gasteiger partial charge on any atom is -0.486 e. The molecule has 4 rings (SSSR count). The van der Waals surface area contributed by atoms with E-state index in [0.717, 1.165) is 4.88 Å². The molecule has 2 aromatic carbocycles. The number of rotatable bonds is 8. The number of fused-ring (bicyclic) bond motifs is 1. The number of amides is 1. The molecule has 0 bridgehead atoms. The van der Waals surface area contributed by atoms with Gasteiger partial charge in [-0.2, -0.15) is 0 Å². The first-order chi connectivity index (χ1) is 15.8. The summed E-state index contributed by atoms with van der Waals surface area (Å²) in [5, 5.41) is 4.95. The fraction of sp³-hybridized carbons (Fsp3) is 0.261. The number of thiophene rings is 1. The van der Waals surface area contributed by atoms with Crippen molar-refractivity contribution in [3.63, 3.8) is 0 Å². The molecule has 0 saturated carbocycles. The van der Waals surface area contributed by atoms with Gasteiger partial charge in [0.1, 0.15) is 13.2 Å². The molecule has 0 radical (unpaired) electrons. The number of nitrogens with zero attached hydrogens (tertiary/aromatic N) is 1. The van der Waals surface area contributed by atoms with E-state index in [4.69, 9.17) is 9.47 Å². The molecule has 10 heteroatoms. The van der Waals surface area contributed by atoms with Gasteiger partial charge in [-0.15, -0.1) is 11.3 Å². The molecule has 0 aliphatic carbocycles. The van der Waals surface area contributed by atoms with Gasteiger partial charge in [0.2, 0.25) is 0 Å². The lowest BCUT2D eigenvalue weighted by molar-refractivity contribution is 0.0942. The molecule has 2 heterocycles. The summed E-state index contributed by atoms with van der Waals surface area (Å²) >= 11 is 1.64. The maximum atomic E-state index is 12.9. The number of hydrogen-bond acceptors (Lipinski definition) is 7. The van der Waals surface area contributed by atoms with Gasteiger partial charge in [-0.3, -0.25) is 9.52 Å². The summed E-state index contributed by atoms with van der Waals surface area (Å²) in [5.41, 5.74) is 0.654. The molecule has 1 aromatic heterocycles. The molecule has 2 N–H and O–H groups in total. The second-order valence-corrected chi connectivity index (χ2v) is 10.4. The minimum absolute atomic E-state index is 0.0471. The summed E-state index contributed by atoms with van der Waals surface area (Å²) < 4.78 is 39.2. The third-order valence-electron chi connectivity index (χ3n) is 5.15. The number of hydrogen-bond donors (Lipinski definition) is 2. The topological polar surface area (TPSA) is 97.0 Å². The number of nitrogens with one attached hydrogen (secondary N) is 2. The van der Waals surface area contributed by atoms with Gasteiger partial charge in [0.05, 0.1) is 10.9 Å². The zero-order chi connectivity index (χ0) is 23.4. The van der Waals surface area contributed by atoms with E-state index in [-0.39, 0.29) is 16.8 Å². The highest BCUT2D eigenvalue weighted by Crippen LogP contribution is 2.32. The first-order valence-electron chi connectivity index (χ1n) is 10.3. The summed E-state index contributed by atoms with van der Waals surface area (Å²) in [7, 11) is 0.0458. The Morgan fingerprint density at radius 1 is 1.06 bits per heavy atom. The lowest BCUT2D eigenvalue weighted by Gasteiger charge is -2.23. The highest BCUT2D eigenvalue weighted by molar-refractivity contribution is 7.92. The Bertz CT molecular complexity index is 1230. The van der Waals surface area contributed by atoms with Gasteiger partial charge in [0.15, 0.2) is 11.5 Å². The normalized spacial score (nSPS) is 14.0. The van der Waals surface area contributed by atoms with Crippen molar-refractivity contribution in [1.29, 1.82) is 0 Å². The third kappa shape index (κ3) is 5.47. The van der Waals surface area contributed by atoms with E-state index >= 15 is 0 Å². The summed E-state index contributed by atoms with van der Waals surface area (Å²) in [5.74, 6) is 0.620. The largest absolute Gasteiger partial charge is 0.486 e. The van der Waals surface area contributed by atoms with E-state index in [1.54, 1.807) is 35.6 Å². The summed E-state index contributed by atoms with van der Waals surface area (Å²) in [6.07, 6.45) is 0. The SMILES string of the molecule is CN(C)C(CNC(=O)c1cccc(NS(=O)(=O)c2ccc3c(c2)OCCO3)c1)c1cccs1. The van der Waals surface area contributed by atoms with Gasteiger partial charge in [0, 0.05) is 28.7 Å². The maximum Gasteiger partial charge on any atom is 0.262 e. The third-order valence-corrected chi connectivity index (χ3v) is 7.50. The van der Waals surface area contributed by atoms with E-state index < -0.39 is 10.0 Å². The molecule has 8 nitrogen and oxygen atoms in total. The van der Waals surface area contributed by atoms with Gasteiger partial charge in [-0.1, -0.05) is 12.1 Å². The highest BCUT2D eigenvalue weighted by Gasteiger charge is 2.21. The van der Waals surface area contributed by atoms with Crippen molar-refractivity contribution in [2.24, 2.45) is 0 Å². The Hall–Kier alpha value is -3.08. The van der Waals surface area contributed by atoms with Crippen molar-refractivity contribution >= 4 is 33.0 Å². The predicted molar refractivity (Wildman–Crippen MR) is 128 cm³/mol. The van der Waals surface area contributed by atoms with Crippen molar-refractivity contribution in [2.45, 2.75) is 10.9 Å². The fourth-order valence-electron chi connectivity index (χ4n) is 3.44. The van der Waals surface area contributed by atoms with Crippen LogP contribution in [0.2, 0.25) is 0 Å². The number of likely N-dealkylation sites (N-methyl/N-ethyl adjacent to an activating group) is 1. The van der Waals surface area contributed by atoms with E-state index in [1.165, 1.54) is 18.2 Å². The second kappa shape index (κ2) is 9.82. The number of benzene rings is 2. The van der Waals surface area contributed by atoms with Crippen molar-refractivity contribution in [1.82, 2.24) is 10.2 Å². The summed E-state index contributed by atoms with van der Waals surface area (Å²) in [6, 6.07) is 14.9. The second-order valence-electron chi connectivity index (χ2n) is 7.70. The molecule has 1 aliphatic heterocycles. The zero-order valence-electron chi connectivity index (χ0n) is 18.3. The minimum atomic E-state index is -3.88. The first kappa shape index (κ1) is 23.1. The van der Waals surface area contributed by atoms with Crippen LogP contribution >= 0.6 is 11.3 Å². The summed E-state index contributed by atoms with van der Waals surface area (Å²) in [6.45, 7) is 1.22. The van der Waals surface area contributed by atoms with Crippen LogP contribution < -0.4 is 19.5 Å². The van der Waals surface area contributed by atoms with Crippen molar-refractivity contribution in [2.75, 3.05) is 38.6 Å². The first-order valence-corrected chi connectivity index (χ1v) is 12.7. The average Bonchev–Trinajstić information content (AvgIpc) is 3.33. The smallest absolute Gasteiger partial charge is 0.262 e. The number of sulfonamides is 1. The lowest BCUT2D eigenvalue weighted by Crippen LogP contribution is -2.34.